The van der Waals surface area contributed by atoms with Gasteiger partial charge in [-0.3, -0.25) is 18.8 Å². The first-order valence-electron chi connectivity index (χ1n) is 13.7. The maximum atomic E-state index is 13.9. The highest BCUT2D eigenvalue weighted by Crippen LogP contribution is 2.23. The van der Waals surface area contributed by atoms with Crippen molar-refractivity contribution in [1.29, 1.82) is 0 Å². The molecule has 0 aliphatic carbocycles. The molecule has 1 fully saturated rings. The Kier molecular flexibility index (Phi) is 8.34. The van der Waals surface area contributed by atoms with E-state index in [1.165, 1.54) is 6.33 Å². The van der Waals surface area contributed by atoms with Crippen molar-refractivity contribution in [3.05, 3.63) is 77.2 Å². The summed E-state index contributed by atoms with van der Waals surface area (Å²) in [4.78, 5) is 50.7. The van der Waals surface area contributed by atoms with Crippen molar-refractivity contribution in [2.45, 2.75) is 58.7 Å². The fraction of sp³-hybridized carbons (Fsp3) is 0.379. The van der Waals surface area contributed by atoms with Gasteiger partial charge in [-0.25, -0.2) is 14.6 Å². The monoisotopic (exact) mass is 576 g/mol. The number of carbonyl (C=O) groups excluding carboxylic acids is 3. The molecule has 2 N–H and O–H groups in total. The molecule has 0 bridgehead atoms. The van der Waals surface area contributed by atoms with E-state index in [0.29, 0.717) is 47.9 Å². The van der Waals surface area contributed by atoms with Crippen LogP contribution in [0.4, 0.5) is 0 Å². The molecule has 0 spiro atoms. The van der Waals surface area contributed by atoms with Gasteiger partial charge in [0.25, 0.3) is 5.91 Å². The second-order valence-electron chi connectivity index (χ2n) is 10.7. The van der Waals surface area contributed by atoms with Crippen molar-refractivity contribution >= 4 is 35.0 Å². The minimum absolute atomic E-state index is 0.139. The standard InChI is InChI=1S/C29H33ClN8O3/c1-18(2)13-22(35-28(40)26-19(3)34-25-8-4-5-11-37(25)26)29(41)36-12-6-7-24(36)27(39)32-15-20-14-21(30)9-10-23(20)38-17-31-16-33-38/h4-5,8-11,14,16-18,22,24H,6-7,12-13,15H2,1-3H3,(H,32,39)(H,35,40)/t22-,24-/m0/s1. The molecule has 5 rings (SSSR count). The summed E-state index contributed by atoms with van der Waals surface area (Å²) >= 11 is 6.23. The number of aromatic nitrogens is 5. The van der Waals surface area contributed by atoms with E-state index in [1.807, 2.05) is 38.1 Å². The lowest BCUT2D eigenvalue weighted by Crippen LogP contribution is -2.54. The first-order chi connectivity index (χ1) is 19.7. The van der Waals surface area contributed by atoms with Gasteiger partial charge in [-0.2, -0.15) is 5.10 Å². The summed E-state index contributed by atoms with van der Waals surface area (Å²) in [7, 11) is 0. The maximum absolute atomic E-state index is 13.9. The summed E-state index contributed by atoms with van der Waals surface area (Å²) in [6, 6.07) is 9.42. The zero-order valence-electron chi connectivity index (χ0n) is 23.2. The fourth-order valence-corrected chi connectivity index (χ4v) is 5.56. The second-order valence-corrected chi connectivity index (χ2v) is 11.1. The predicted molar refractivity (Wildman–Crippen MR) is 154 cm³/mol. The summed E-state index contributed by atoms with van der Waals surface area (Å²) in [6.45, 7) is 6.41. The molecule has 3 amide bonds. The van der Waals surface area contributed by atoms with Crippen LogP contribution in [0.5, 0.6) is 0 Å². The van der Waals surface area contributed by atoms with Crippen LogP contribution in [-0.2, 0) is 16.1 Å². The van der Waals surface area contributed by atoms with Gasteiger partial charge in [-0.05, 0) is 68.0 Å². The molecule has 1 aromatic carbocycles. The molecular weight excluding hydrogens is 544 g/mol. The highest BCUT2D eigenvalue weighted by Gasteiger charge is 2.38. The molecule has 41 heavy (non-hydrogen) atoms. The van der Waals surface area contributed by atoms with Gasteiger partial charge in [0.05, 0.1) is 11.4 Å². The van der Waals surface area contributed by atoms with Gasteiger partial charge in [0, 0.05) is 24.3 Å². The van der Waals surface area contributed by atoms with Crippen molar-refractivity contribution in [3.63, 3.8) is 0 Å². The third-order valence-corrected chi connectivity index (χ3v) is 7.46. The van der Waals surface area contributed by atoms with E-state index < -0.39 is 12.1 Å². The number of imidazole rings is 1. The number of aryl methyl sites for hydroxylation is 1. The van der Waals surface area contributed by atoms with Crippen molar-refractivity contribution in [1.82, 2.24) is 39.7 Å². The Bertz CT molecular complexity index is 1570. The normalized spacial score (nSPS) is 15.8. The molecule has 0 saturated carbocycles. The molecule has 11 nitrogen and oxygen atoms in total. The summed E-state index contributed by atoms with van der Waals surface area (Å²) in [5.74, 6) is -0.753. The van der Waals surface area contributed by atoms with Gasteiger partial charge >= 0.3 is 0 Å². The molecule has 0 radical (unpaired) electrons. The van der Waals surface area contributed by atoms with E-state index in [4.69, 9.17) is 11.6 Å². The van der Waals surface area contributed by atoms with Crippen LogP contribution in [0.2, 0.25) is 5.02 Å². The number of halogens is 1. The third kappa shape index (κ3) is 6.09. The van der Waals surface area contributed by atoms with Gasteiger partial charge in [0.2, 0.25) is 11.8 Å². The van der Waals surface area contributed by atoms with Crippen molar-refractivity contribution in [2.24, 2.45) is 5.92 Å². The zero-order chi connectivity index (χ0) is 29.1. The largest absolute Gasteiger partial charge is 0.350 e. The first kappa shape index (κ1) is 28.3. The average Bonchev–Trinajstić information content (AvgIpc) is 3.70. The zero-order valence-corrected chi connectivity index (χ0v) is 24.0. The Hall–Kier alpha value is -4.25. The Labute approximate surface area is 242 Å². The van der Waals surface area contributed by atoms with Crippen molar-refractivity contribution in [2.75, 3.05) is 6.54 Å². The van der Waals surface area contributed by atoms with Crippen LogP contribution >= 0.6 is 11.6 Å². The van der Waals surface area contributed by atoms with Gasteiger partial charge in [0.15, 0.2) is 0 Å². The summed E-state index contributed by atoms with van der Waals surface area (Å²) in [5.41, 5.74) is 3.14. The van der Waals surface area contributed by atoms with Gasteiger partial charge in [0.1, 0.15) is 36.1 Å². The number of rotatable bonds is 9. The predicted octanol–water partition coefficient (Wildman–Crippen LogP) is 3.33. The number of pyridine rings is 1. The Morgan fingerprint density at radius 3 is 2.76 bits per heavy atom. The molecule has 4 heterocycles. The third-order valence-electron chi connectivity index (χ3n) is 7.23. The molecule has 0 unspecified atom stereocenters. The van der Waals surface area contributed by atoms with Crippen LogP contribution in [0.15, 0.2) is 55.2 Å². The second kappa shape index (κ2) is 12.1. The molecule has 2 atom stereocenters. The number of fused-ring (bicyclic) bond motifs is 1. The topological polar surface area (TPSA) is 127 Å². The number of hydrogen-bond donors (Lipinski definition) is 2. The first-order valence-corrected chi connectivity index (χ1v) is 14.1. The minimum Gasteiger partial charge on any atom is -0.350 e. The number of nitrogens with one attached hydrogen (secondary N) is 2. The molecule has 1 aliphatic rings. The summed E-state index contributed by atoms with van der Waals surface area (Å²) in [6.07, 6.45) is 6.46. The fourth-order valence-electron chi connectivity index (χ4n) is 5.36. The van der Waals surface area contributed by atoms with Crippen LogP contribution in [0, 0.1) is 12.8 Å². The highest BCUT2D eigenvalue weighted by atomic mass is 35.5. The summed E-state index contributed by atoms with van der Waals surface area (Å²) < 4.78 is 3.32. The van der Waals surface area contributed by atoms with Crippen molar-refractivity contribution in [3.8, 4) is 5.69 Å². The van der Waals surface area contributed by atoms with Crippen molar-refractivity contribution < 1.29 is 14.4 Å². The van der Waals surface area contributed by atoms with Crippen LogP contribution in [0.3, 0.4) is 0 Å². The summed E-state index contributed by atoms with van der Waals surface area (Å²) in [5, 5.41) is 10.6. The number of amides is 3. The van der Waals surface area contributed by atoms with E-state index in [0.717, 1.165) is 11.3 Å². The average molecular weight is 577 g/mol. The molecule has 1 saturated heterocycles. The number of nitrogens with zero attached hydrogens (tertiary/aromatic N) is 6. The highest BCUT2D eigenvalue weighted by molar-refractivity contribution is 6.30. The van der Waals surface area contributed by atoms with Crippen LogP contribution in [0.25, 0.3) is 11.3 Å². The molecule has 4 aromatic rings. The smallest absolute Gasteiger partial charge is 0.270 e. The molecular formula is C29H33ClN8O3. The van der Waals surface area contributed by atoms with E-state index in [-0.39, 0.29) is 30.2 Å². The Morgan fingerprint density at radius 2 is 2.00 bits per heavy atom. The lowest BCUT2D eigenvalue weighted by atomic mass is 10.0. The van der Waals surface area contributed by atoms with E-state index in [1.54, 1.807) is 45.6 Å². The Balaban J connectivity index is 1.31. The number of carbonyl (C=O) groups is 3. The maximum Gasteiger partial charge on any atom is 0.270 e. The van der Waals surface area contributed by atoms with Crippen LogP contribution < -0.4 is 10.6 Å². The number of benzene rings is 1. The molecule has 1 aliphatic heterocycles. The van der Waals surface area contributed by atoms with E-state index in [9.17, 15) is 14.4 Å². The number of hydrogen-bond acceptors (Lipinski definition) is 6. The van der Waals surface area contributed by atoms with Gasteiger partial charge < -0.3 is 15.5 Å². The van der Waals surface area contributed by atoms with Crippen LogP contribution in [-0.4, -0.2) is 65.4 Å². The van der Waals surface area contributed by atoms with Gasteiger partial charge in [-0.1, -0.05) is 31.5 Å². The quantitative estimate of drug-likeness (QED) is 0.315. The SMILES string of the molecule is Cc1nc2ccccn2c1C(=O)N[C@@H](CC(C)C)C(=O)N1CCC[C@H]1C(=O)NCc1cc(Cl)ccc1-n1cncn1. The van der Waals surface area contributed by atoms with Crippen LogP contribution in [0.1, 0.15) is 54.9 Å². The lowest BCUT2D eigenvalue weighted by Gasteiger charge is -2.29. The lowest BCUT2D eigenvalue weighted by molar-refractivity contribution is -0.140. The van der Waals surface area contributed by atoms with Gasteiger partial charge in [-0.15, -0.1) is 0 Å². The minimum atomic E-state index is -0.781. The Morgan fingerprint density at radius 1 is 1.17 bits per heavy atom. The molecule has 12 heteroatoms. The molecule has 3 aromatic heterocycles. The molecule has 214 valence electrons. The number of likely N-dealkylation sites (tertiary alicyclic amines) is 1. The van der Waals surface area contributed by atoms with E-state index >= 15 is 0 Å². The van der Waals surface area contributed by atoms with E-state index in [2.05, 4.69) is 25.7 Å².